The smallest absolute Gasteiger partial charge is 0.291 e. The van der Waals surface area contributed by atoms with Crippen molar-refractivity contribution in [2.75, 3.05) is 13.2 Å². The van der Waals surface area contributed by atoms with Gasteiger partial charge in [0, 0.05) is 24.5 Å². The van der Waals surface area contributed by atoms with E-state index in [9.17, 15) is 4.79 Å². The minimum Gasteiger partial charge on any atom is -0.396 e. The van der Waals surface area contributed by atoms with Crippen LogP contribution in [0, 0.1) is 13.8 Å². The van der Waals surface area contributed by atoms with Gasteiger partial charge in [0.05, 0.1) is 0 Å². The molecular weight excluding hydrogens is 234 g/mol. The molecule has 0 spiro atoms. The van der Waals surface area contributed by atoms with E-state index in [4.69, 9.17) is 5.11 Å². The van der Waals surface area contributed by atoms with E-state index in [2.05, 4.69) is 20.4 Å². The molecule has 0 aromatic carbocycles. The number of rotatable bonds is 4. The second-order valence-electron chi connectivity index (χ2n) is 4.02. The first-order chi connectivity index (χ1) is 8.61. The van der Waals surface area contributed by atoms with Crippen molar-refractivity contribution in [3.05, 3.63) is 23.3 Å². The fourth-order valence-electron chi connectivity index (χ4n) is 1.62. The predicted octanol–water partition coefficient (Wildman–Crippen LogP) is -0.147. The zero-order valence-electron chi connectivity index (χ0n) is 10.3. The third kappa shape index (κ3) is 2.45. The van der Waals surface area contributed by atoms with Gasteiger partial charge in [-0.25, -0.2) is 9.50 Å². The Balaban J connectivity index is 2.24. The molecule has 0 fully saturated rings. The maximum Gasteiger partial charge on any atom is 0.291 e. The van der Waals surface area contributed by atoms with E-state index < -0.39 is 0 Å². The van der Waals surface area contributed by atoms with Gasteiger partial charge in [0.25, 0.3) is 11.7 Å². The normalized spacial score (nSPS) is 10.8. The number of hydrogen-bond donors (Lipinski definition) is 2. The number of aliphatic hydroxyl groups excluding tert-OH is 1. The Morgan fingerprint density at radius 2 is 2.22 bits per heavy atom. The lowest BCUT2D eigenvalue weighted by molar-refractivity contribution is 0.0941. The summed E-state index contributed by atoms with van der Waals surface area (Å²) in [5.41, 5.74) is 1.71. The summed E-state index contributed by atoms with van der Waals surface area (Å²) in [4.78, 5) is 20.0. The van der Waals surface area contributed by atoms with Gasteiger partial charge in [-0.3, -0.25) is 4.79 Å². The van der Waals surface area contributed by atoms with Gasteiger partial charge in [0.2, 0.25) is 5.82 Å². The number of carbonyl (C=O) groups is 1. The third-order valence-corrected chi connectivity index (χ3v) is 2.44. The molecule has 18 heavy (non-hydrogen) atoms. The third-order valence-electron chi connectivity index (χ3n) is 2.44. The van der Waals surface area contributed by atoms with E-state index >= 15 is 0 Å². The topological polar surface area (TPSA) is 92.4 Å². The van der Waals surface area contributed by atoms with E-state index in [1.165, 1.54) is 4.52 Å². The van der Waals surface area contributed by atoms with Gasteiger partial charge in [-0.15, -0.1) is 5.10 Å². The Hall–Kier alpha value is -2.02. The van der Waals surface area contributed by atoms with E-state index in [1.807, 2.05) is 19.9 Å². The first-order valence-electron chi connectivity index (χ1n) is 5.72. The maximum absolute atomic E-state index is 11.7. The molecule has 7 nitrogen and oxygen atoms in total. The van der Waals surface area contributed by atoms with Crippen molar-refractivity contribution in [1.29, 1.82) is 0 Å². The molecule has 0 unspecified atom stereocenters. The van der Waals surface area contributed by atoms with Gasteiger partial charge < -0.3 is 10.4 Å². The SMILES string of the molecule is Cc1cc(C)n2nc(C(=O)NCCCO)nc2n1. The van der Waals surface area contributed by atoms with Gasteiger partial charge in [0.1, 0.15) is 0 Å². The van der Waals surface area contributed by atoms with Crippen molar-refractivity contribution in [2.45, 2.75) is 20.3 Å². The molecule has 0 aliphatic carbocycles. The minimum atomic E-state index is -0.356. The van der Waals surface area contributed by atoms with Gasteiger partial charge in [0.15, 0.2) is 0 Å². The highest BCUT2D eigenvalue weighted by molar-refractivity contribution is 5.90. The lowest BCUT2D eigenvalue weighted by atomic mass is 10.4. The van der Waals surface area contributed by atoms with Crippen molar-refractivity contribution in [3.8, 4) is 0 Å². The summed E-state index contributed by atoms with van der Waals surface area (Å²) < 4.78 is 1.54. The predicted molar refractivity (Wildman–Crippen MR) is 64.3 cm³/mol. The summed E-state index contributed by atoms with van der Waals surface area (Å²) in [7, 11) is 0. The highest BCUT2D eigenvalue weighted by Gasteiger charge is 2.14. The fraction of sp³-hybridized carbons (Fsp3) is 0.455. The van der Waals surface area contributed by atoms with Crippen molar-refractivity contribution < 1.29 is 9.90 Å². The van der Waals surface area contributed by atoms with E-state index in [-0.39, 0.29) is 18.3 Å². The zero-order chi connectivity index (χ0) is 13.1. The molecule has 1 amide bonds. The molecule has 2 N–H and O–H groups in total. The Kier molecular flexibility index (Phi) is 3.52. The monoisotopic (exact) mass is 249 g/mol. The second-order valence-corrected chi connectivity index (χ2v) is 4.02. The molecule has 0 aliphatic heterocycles. The van der Waals surface area contributed by atoms with Crippen LogP contribution >= 0.6 is 0 Å². The average Bonchev–Trinajstić information content (AvgIpc) is 2.73. The van der Waals surface area contributed by atoms with Crippen LogP contribution in [0.3, 0.4) is 0 Å². The molecule has 0 aliphatic rings. The van der Waals surface area contributed by atoms with Crippen molar-refractivity contribution in [1.82, 2.24) is 24.9 Å². The standard InChI is InChI=1S/C11H15N5O2/c1-7-6-8(2)16-11(13-7)14-9(15-16)10(18)12-4-3-5-17/h6,17H,3-5H2,1-2H3,(H,12,18). The highest BCUT2D eigenvalue weighted by Crippen LogP contribution is 2.05. The van der Waals surface area contributed by atoms with Crippen LogP contribution in [0.2, 0.25) is 0 Å². The quantitative estimate of drug-likeness (QED) is 0.735. The van der Waals surface area contributed by atoms with Crippen molar-refractivity contribution >= 4 is 11.7 Å². The molecule has 0 saturated carbocycles. The molecule has 2 aromatic heterocycles. The highest BCUT2D eigenvalue weighted by atomic mass is 16.3. The largest absolute Gasteiger partial charge is 0.396 e. The summed E-state index contributed by atoms with van der Waals surface area (Å²) in [5, 5.41) is 15.4. The Labute approximate surface area is 104 Å². The minimum absolute atomic E-state index is 0.0404. The van der Waals surface area contributed by atoms with Crippen LogP contribution in [0.1, 0.15) is 28.4 Å². The van der Waals surface area contributed by atoms with Gasteiger partial charge >= 0.3 is 0 Å². The first kappa shape index (κ1) is 12.4. The van der Waals surface area contributed by atoms with Crippen molar-refractivity contribution in [2.24, 2.45) is 0 Å². The number of fused-ring (bicyclic) bond motifs is 1. The Morgan fingerprint density at radius 3 is 2.94 bits per heavy atom. The molecule has 0 bridgehead atoms. The van der Waals surface area contributed by atoms with Crippen LogP contribution in [0.5, 0.6) is 0 Å². The average molecular weight is 249 g/mol. The number of aromatic nitrogens is 4. The number of aliphatic hydroxyl groups is 1. The number of aryl methyl sites for hydroxylation is 2. The summed E-state index contributed by atoms with van der Waals surface area (Å²) in [5.74, 6) is 0.153. The van der Waals surface area contributed by atoms with Crippen molar-refractivity contribution in [3.63, 3.8) is 0 Å². The van der Waals surface area contributed by atoms with Crippen LogP contribution in [-0.2, 0) is 0 Å². The zero-order valence-corrected chi connectivity index (χ0v) is 10.3. The van der Waals surface area contributed by atoms with Gasteiger partial charge in [-0.05, 0) is 26.3 Å². The van der Waals surface area contributed by atoms with Gasteiger partial charge in [-0.1, -0.05) is 0 Å². The van der Waals surface area contributed by atoms with E-state index in [0.29, 0.717) is 18.7 Å². The summed E-state index contributed by atoms with van der Waals surface area (Å²) >= 11 is 0. The number of carbonyl (C=O) groups excluding carboxylic acids is 1. The molecular formula is C11H15N5O2. The second kappa shape index (κ2) is 5.09. The molecule has 0 radical (unpaired) electrons. The molecule has 2 aromatic rings. The summed E-state index contributed by atoms with van der Waals surface area (Å²) in [6.07, 6.45) is 0.509. The maximum atomic E-state index is 11.7. The number of nitrogens with zero attached hydrogens (tertiary/aromatic N) is 4. The van der Waals surface area contributed by atoms with Crippen LogP contribution in [0.25, 0.3) is 5.78 Å². The fourth-order valence-corrected chi connectivity index (χ4v) is 1.62. The number of nitrogens with one attached hydrogen (secondary N) is 1. The Bertz CT molecular complexity index is 578. The molecule has 2 rings (SSSR count). The van der Waals surface area contributed by atoms with Crippen LogP contribution in [0.4, 0.5) is 0 Å². The first-order valence-corrected chi connectivity index (χ1v) is 5.72. The molecule has 96 valence electrons. The number of amides is 1. The lowest BCUT2D eigenvalue weighted by Crippen LogP contribution is -2.26. The van der Waals surface area contributed by atoms with Gasteiger partial charge in [-0.2, -0.15) is 4.98 Å². The molecule has 2 heterocycles. The molecule has 7 heteroatoms. The van der Waals surface area contributed by atoms with Crippen LogP contribution in [-0.4, -0.2) is 43.7 Å². The van der Waals surface area contributed by atoms with E-state index in [0.717, 1.165) is 11.4 Å². The van der Waals surface area contributed by atoms with Crippen LogP contribution < -0.4 is 5.32 Å². The molecule has 0 atom stereocenters. The van der Waals surface area contributed by atoms with Crippen LogP contribution in [0.15, 0.2) is 6.07 Å². The summed E-state index contributed by atoms with van der Waals surface area (Å²) in [6, 6.07) is 1.87. The number of hydrogen-bond acceptors (Lipinski definition) is 5. The lowest BCUT2D eigenvalue weighted by Gasteiger charge is -1.99. The Morgan fingerprint density at radius 1 is 1.44 bits per heavy atom. The molecule has 0 saturated heterocycles. The van der Waals surface area contributed by atoms with E-state index in [1.54, 1.807) is 0 Å². The summed E-state index contributed by atoms with van der Waals surface area (Å²) in [6.45, 7) is 4.18.